The Balaban J connectivity index is 0. The minimum atomic E-state index is 0. The van der Waals surface area contributed by atoms with Gasteiger partial charge in [0.25, 0.3) is 0 Å². The molecule has 0 spiro atoms. The van der Waals surface area contributed by atoms with Gasteiger partial charge in [0.1, 0.15) is 0 Å². The van der Waals surface area contributed by atoms with Crippen LogP contribution in [0.5, 0.6) is 0 Å². The van der Waals surface area contributed by atoms with Gasteiger partial charge in [0.2, 0.25) is 0 Å². The third-order valence-electron chi connectivity index (χ3n) is 0.270. The predicted molar refractivity (Wildman–Crippen MR) is 15.3 cm³/mol. The van der Waals surface area contributed by atoms with Crippen molar-refractivity contribution in [2.75, 3.05) is 0 Å². The lowest BCUT2D eigenvalue weighted by molar-refractivity contribution is -0.00000126. The third-order valence-corrected chi connectivity index (χ3v) is 0.270. The van der Waals surface area contributed by atoms with Crippen LogP contribution < -0.4 is 12.4 Å². The molecule has 0 amide bonds. The molecule has 0 saturated carbocycles. The number of aromatic nitrogens is 4. The molecule has 0 unspecified atom stereocenters. The summed E-state index contributed by atoms with van der Waals surface area (Å²) < 4.78 is 0. The van der Waals surface area contributed by atoms with Crippen molar-refractivity contribution in [3.63, 3.8) is 0 Å². The van der Waals surface area contributed by atoms with E-state index in [2.05, 4.69) is 20.6 Å². The van der Waals surface area contributed by atoms with Gasteiger partial charge in [0, 0.05) is 0 Å². The largest absolute Gasteiger partial charge is 1.00 e. The maximum absolute atomic E-state index is 3.38. The Hall–Kier alpha value is -0.640. The normalized spacial score (nSPS) is 6.67. The lowest BCUT2D eigenvalue weighted by atomic mass is 11.4. The van der Waals surface area contributed by atoms with Crippen LogP contribution >= 0.6 is 0 Å². The van der Waals surface area contributed by atoms with Gasteiger partial charge in [-0.3, -0.25) is 0 Å². The number of hydrogen-bond acceptors (Lipinski definition) is 3. The smallest absolute Gasteiger partial charge is 1.00 e. The van der Waals surface area contributed by atoms with Gasteiger partial charge in [0.15, 0.2) is 6.33 Å². The van der Waals surface area contributed by atoms with E-state index in [0.29, 0.717) is 0 Å². The minimum Gasteiger partial charge on any atom is -1.00 e. The summed E-state index contributed by atoms with van der Waals surface area (Å²) in [6.45, 7) is 0. The second kappa shape index (κ2) is 2.59. The molecule has 1 rings (SSSR count). The van der Waals surface area contributed by atoms with Crippen LogP contribution in [0.1, 0.15) is 1.43 Å². The molecule has 0 atom stereocenters. The summed E-state index contributed by atoms with van der Waals surface area (Å²) in [4.78, 5) is 0. The maximum Gasteiger partial charge on any atom is 1.00 e. The molecule has 0 radical (unpaired) electrons. The van der Waals surface area contributed by atoms with Gasteiger partial charge in [-0.05, 0) is 0 Å². The van der Waals surface area contributed by atoms with Crippen LogP contribution in [0.25, 0.3) is 0 Å². The lowest BCUT2D eigenvalue weighted by Crippen LogP contribution is -3.00. The van der Waals surface area contributed by atoms with Crippen molar-refractivity contribution < 1.29 is 13.8 Å². The highest BCUT2D eigenvalue weighted by Crippen LogP contribution is 1.43. The fourth-order valence-electron chi connectivity index (χ4n) is 0.129. The van der Waals surface area contributed by atoms with Gasteiger partial charge in [-0.2, -0.15) is 5.21 Å². The van der Waals surface area contributed by atoms with Gasteiger partial charge in [-0.1, -0.05) is 5.21 Å². The molecule has 5 heteroatoms. The monoisotopic (exact) mass is 106 g/mol. The molecule has 0 aliphatic heterocycles. The average molecular weight is 107 g/mol. The highest BCUT2D eigenvalue weighted by molar-refractivity contribution is 4.24. The molecule has 0 saturated heterocycles. The summed E-state index contributed by atoms with van der Waals surface area (Å²) in [6, 6.07) is 0. The van der Waals surface area contributed by atoms with Gasteiger partial charge >= 0.3 is 1.43 Å². The number of nitrogens with zero attached hydrogens (tertiary/aromatic N) is 3. The first kappa shape index (κ1) is 5.36. The fraction of sp³-hybridized carbons (Fsp3) is 0. The molecule has 34 valence electrons. The van der Waals surface area contributed by atoms with E-state index < -0.39 is 0 Å². The van der Waals surface area contributed by atoms with Crippen LogP contribution in [-0.2, 0) is 0 Å². The molecule has 1 aromatic heterocycles. The van der Waals surface area contributed by atoms with Gasteiger partial charge in [-0.25, -0.2) is 0 Å². The number of H-pyrrole nitrogens is 1. The molecule has 1 heterocycles. The predicted octanol–water partition coefficient (Wildman–Crippen LogP) is -3.68. The van der Waals surface area contributed by atoms with E-state index in [1.54, 1.807) is 0 Å². The molecule has 4 nitrogen and oxygen atoms in total. The van der Waals surface area contributed by atoms with E-state index in [0.717, 1.165) is 0 Å². The zero-order valence-corrected chi connectivity index (χ0v) is 3.55. The molecule has 1 N–H and O–H groups in total. The van der Waals surface area contributed by atoms with E-state index >= 15 is 0 Å². The number of nitrogens with one attached hydrogen (secondary N) is 1. The van der Waals surface area contributed by atoms with Crippen molar-refractivity contribution in [2.45, 2.75) is 0 Å². The fourth-order valence-corrected chi connectivity index (χ4v) is 0.129. The van der Waals surface area contributed by atoms with Crippen molar-refractivity contribution in [1.82, 2.24) is 20.6 Å². The summed E-state index contributed by atoms with van der Waals surface area (Å²) >= 11 is 0. The van der Waals surface area contributed by atoms with Gasteiger partial charge in [-0.15, -0.1) is 10.2 Å². The Morgan fingerprint density at radius 1 is 1.67 bits per heavy atom. The summed E-state index contributed by atoms with van der Waals surface area (Å²) in [6.07, 6.45) is 1.33. The second-order valence-corrected chi connectivity index (χ2v) is 0.560. The van der Waals surface area contributed by atoms with Crippen LogP contribution in [0.4, 0.5) is 0 Å². The van der Waals surface area contributed by atoms with Crippen LogP contribution in [0.2, 0.25) is 0 Å². The molecule has 0 aliphatic rings. The molecular weight excluding hydrogens is 103 g/mol. The topological polar surface area (TPSA) is 54.5 Å². The number of halogens is 1. The second-order valence-electron chi connectivity index (χ2n) is 0.560. The summed E-state index contributed by atoms with van der Waals surface area (Å²) in [5.41, 5.74) is 0. The van der Waals surface area contributed by atoms with Crippen molar-refractivity contribution in [1.29, 1.82) is 0 Å². The Bertz CT molecular complexity index is 68.2. The van der Waals surface area contributed by atoms with Crippen LogP contribution in [-0.4, -0.2) is 20.6 Å². The molecule has 0 bridgehead atoms. The maximum atomic E-state index is 3.38. The van der Waals surface area contributed by atoms with E-state index in [-0.39, 0.29) is 13.8 Å². The van der Waals surface area contributed by atoms with E-state index in [9.17, 15) is 0 Å². The van der Waals surface area contributed by atoms with Crippen molar-refractivity contribution in [2.24, 2.45) is 0 Å². The van der Waals surface area contributed by atoms with E-state index in [4.69, 9.17) is 0 Å². The van der Waals surface area contributed by atoms with E-state index in [1.807, 2.05) is 0 Å². The Kier molecular flexibility index (Phi) is 2.31. The molecular formula is CH3ClN4. The molecule has 0 aliphatic carbocycles. The Morgan fingerprint density at radius 3 is 2.67 bits per heavy atom. The standard InChI is InChI=1S/CH2N4.ClH/c1-2-4-5-3-1;/h1H,(H,2,3,4,5);1H. The van der Waals surface area contributed by atoms with Crippen molar-refractivity contribution in [3.05, 3.63) is 6.33 Å². The number of aromatic amines is 1. The first-order valence-electron chi connectivity index (χ1n) is 1.16. The zero-order valence-electron chi connectivity index (χ0n) is 3.80. The quantitative estimate of drug-likeness (QED) is 0.371. The summed E-state index contributed by atoms with van der Waals surface area (Å²) in [7, 11) is 0. The third kappa shape index (κ3) is 0.984. The van der Waals surface area contributed by atoms with Crippen molar-refractivity contribution >= 4 is 0 Å². The van der Waals surface area contributed by atoms with Crippen LogP contribution in [0.15, 0.2) is 6.33 Å². The lowest BCUT2D eigenvalue weighted by Gasteiger charge is -1.44. The molecule has 0 aromatic carbocycles. The van der Waals surface area contributed by atoms with Crippen LogP contribution in [0, 0.1) is 0 Å². The molecule has 6 heavy (non-hydrogen) atoms. The Labute approximate surface area is 41.8 Å². The van der Waals surface area contributed by atoms with Crippen LogP contribution in [0.3, 0.4) is 0 Å². The SMILES string of the molecule is [Cl-].[H+].c1nn[nH]n1. The first-order valence-corrected chi connectivity index (χ1v) is 1.16. The summed E-state index contributed by atoms with van der Waals surface area (Å²) in [5, 5.41) is 12.2. The first-order chi connectivity index (χ1) is 2.50. The highest BCUT2D eigenvalue weighted by Gasteiger charge is 1.58. The zero-order chi connectivity index (χ0) is 3.54. The van der Waals surface area contributed by atoms with E-state index in [1.165, 1.54) is 6.33 Å². The van der Waals surface area contributed by atoms with Gasteiger partial charge < -0.3 is 12.4 Å². The van der Waals surface area contributed by atoms with Crippen molar-refractivity contribution in [3.8, 4) is 0 Å². The van der Waals surface area contributed by atoms with Gasteiger partial charge in [0.05, 0.1) is 0 Å². The molecule has 0 fully saturated rings. The highest BCUT2D eigenvalue weighted by atomic mass is 35.5. The number of rotatable bonds is 0. The Morgan fingerprint density at radius 2 is 2.50 bits per heavy atom. The number of tetrazole rings is 1. The summed E-state index contributed by atoms with van der Waals surface area (Å²) in [5.74, 6) is 0. The molecule has 1 aromatic rings. The number of hydrogen-bond donors (Lipinski definition) is 1. The average Bonchev–Trinajstić information content (AvgIpc) is 1.76. The minimum absolute atomic E-state index is 0.